The lowest BCUT2D eigenvalue weighted by atomic mass is 9.95. The van der Waals surface area contributed by atoms with Crippen molar-refractivity contribution in [1.82, 2.24) is 0 Å². The Labute approximate surface area is 71.0 Å². The molecular weight excluding hydrogens is 156 g/mol. The maximum atomic E-state index is 10.8. The Morgan fingerprint density at radius 3 is 3.00 bits per heavy atom. The predicted octanol–water partition coefficient (Wildman–Crippen LogP) is 1.05. The van der Waals surface area contributed by atoms with Gasteiger partial charge in [-0.15, -0.1) is 0 Å². The molecule has 1 N–H and O–H groups in total. The molecule has 2 atom stereocenters. The number of rotatable bonds is 1. The highest BCUT2D eigenvalue weighted by atomic mass is 16.5. The summed E-state index contributed by atoms with van der Waals surface area (Å²) in [5.41, 5.74) is 1.65. The largest absolute Gasteiger partial charge is 0.478 e. The zero-order valence-corrected chi connectivity index (χ0v) is 7.04. The van der Waals surface area contributed by atoms with E-state index < -0.39 is 5.97 Å². The number of carboxylic acids is 1. The predicted molar refractivity (Wildman–Crippen MR) is 42.8 cm³/mol. The second-order valence-corrected chi connectivity index (χ2v) is 3.61. The van der Waals surface area contributed by atoms with E-state index in [1.54, 1.807) is 0 Å². The Balaban J connectivity index is 2.29. The molecule has 0 amide bonds. The Kier molecular flexibility index (Phi) is 1.68. The molecule has 0 bridgehead atoms. The third kappa shape index (κ3) is 0.966. The third-order valence-electron chi connectivity index (χ3n) is 2.83. The summed E-state index contributed by atoms with van der Waals surface area (Å²) < 4.78 is 5.24. The van der Waals surface area contributed by atoms with Crippen LogP contribution in [0.2, 0.25) is 0 Å². The van der Waals surface area contributed by atoms with Crippen LogP contribution in [-0.2, 0) is 9.53 Å². The molecule has 1 aliphatic heterocycles. The molecule has 0 aromatic carbocycles. The molecule has 0 radical (unpaired) electrons. The number of allylic oxidation sites excluding steroid dienone is 1. The highest BCUT2D eigenvalue weighted by Crippen LogP contribution is 2.40. The second-order valence-electron chi connectivity index (χ2n) is 3.61. The fourth-order valence-corrected chi connectivity index (χ4v) is 2.28. The number of hydrogen-bond acceptors (Lipinski definition) is 2. The summed E-state index contributed by atoms with van der Waals surface area (Å²) in [5, 5.41) is 8.92. The molecule has 66 valence electrons. The van der Waals surface area contributed by atoms with Crippen LogP contribution in [0, 0.1) is 11.8 Å². The molecule has 1 saturated heterocycles. The first-order valence-electron chi connectivity index (χ1n) is 4.21. The van der Waals surface area contributed by atoms with Crippen LogP contribution in [0.4, 0.5) is 0 Å². The lowest BCUT2D eigenvalue weighted by molar-refractivity contribution is -0.133. The minimum atomic E-state index is -0.759. The molecule has 12 heavy (non-hydrogen) atoms. The van der Waals surface area contributed by atoms with Crippen molar-refractivity contribution in [3.05, 3.63) is 11.1 Å². The fraction of sp³-hybridized carbons (Fsp3) is 0.667. The highest BCUT2D eigenvalue weighted by molar-refractivity contribution is 5.89. The van der Waals surface area contributed by atoms with E-state index >= 15 is 0 Å². The second kappa shape index (κ2) is 2.59. The van der Waals surface area contributed by atoms with E-state index in [-0.39, 0.29) is 5.92 Å². The summed E-state index contributed by atoms with van der Waals surface area (Å²) in [4.78, 5) is 10.8. The molecule has 3 nitrogen and oxygen atoms in total. The SMILES string of the molecule is CC1=C(C(=O)O)C2COCC2C1. The van der Waals surface area contributed by atoms with Crippen LogP contribution in [0.5, 0.6) is 0 Å². The van der Waals surface area contributed by atoms with Crippen molar-refractivity contribution >= 4 is 5.97 Å². The van der Waals surface area contributed by atoms with E-state index in [1.165, 1.54) is 0 Å². The monoisotopic (exact) mass is 168 g/mol. The molecule has 1 aliphatic carbocycles. The van der Waals surface area contributed by atoms with Gasteiger partial charge in [0.1, 0.15) is 0 Å². The summed E-state index contributed by atoms with van der Waals surface area (Å²) in [6.45, 7) is 3.25. The Morgan fingerprint density at radius 1 is 1.58 bits per heavy atom. The maximum Gasteiger partial charge on any atom is 0.331 e. The molecule has 0 aromatic heterocycles. The van der Waals surface area contributed by atoms with Crippen molar-refractivity contribution in [2.45, 2.75) is 13.3 Å². The summed E-state index contributed by atoms with van der Waals surface area (Å²) in [6.07, 6.45) is 0.909. The van der Waals surface area contributed by atoms with Gasteiger partial charge in [0.05, 0.1) is 13.2 Å². The van der Waals surface area contributed by atoms with Gasteiger partial charge >= 0.3 is 5.97 Å². The van der Waals surface area contributed by atoms with E-state index in [9.17, 15) is 4.79 Å². The molecule has 0 saturated carbocycles. The smallest absolute Gasteiger partial charge is 0.331 e. The van der Waals surface area contributed by atoms with Crippen LogP contribution in [-0.4, -0.2) is 24.3 Å². The molecule has 3 heteroatoms. The van der Waals surface area contributed by atoms with Crippen molar-refractivity contribution in [3.63, 3.8) is 0 Å². The normalized spacial score (nSPS) is 34.1. The van der Waals surface area contributed by atoms with E-state index in [1.807, 2.05) is 6.92 Å². The summed E-state index contributed by atoms with van der Waals surface area (Å²) >= 11 is 0. The first kappa shape index (κ1) is 7.80. The van der Waals surface area contributed by atoms with Crippen LogP contribution in [0.1, 0.15) is 13.3 Å². The number of carbonyl (C=O) groups is 1. The maximum absolute atomic E-state index is 10.8. The van der Waals surface area contributed by atoms with Crippen LogP contribution in [0.15, 0.2) is 11.1 Å². The van der Waals surface area contributed by atoms with E-state index in [2.05, 4.69) is 0 Å². The number of carboxylic acid groups (broad SMARTS) is 1. The molecule has 2 aliphatic rings. The van der Waals surface area contributed by atoms with Gasteiger partial charge in [-0.05, 0) is 19.3 Å². The van der Waals surface area contributed by atoms with Crippen LogP contribution in [0.3, 0.4) is 0 Å². The number of ether oxygens (including phenoxy) is 1. The van der Waals surface area contributed by atoms with Gasteiger partial charge in [-0.25, -0.2) is 4.79 Å². The topological polar surface area (TPSA) is 46.5 Å². The van der Waals surface area contributed by atoms with E-state index in [0.29, 0.717) is 18.1 Å². The van der Waals surface area contributed by atoms with Crippen molar-refractivity contribution in [2.75, 3.05) is 13.2 Å². The molecule has 1 heterocycles. The minimum absolute atomic E-state index is 0.169. The summed E-state index contributed by atoms with van der Waals surface area (Å²) in [5.74, 6) is -0.149. The number of aliphatic carboxylic acids is 1. The number of hydrogen-bond donors (Lipinski definition) is 1. The van der Waals surface area contributed by atoms with Crippen LogP contribution < -0.4 is 0 Å². The quantitative estimate of drug-likeness (QED) is 0.636. The summed E-state index contributed by atoms with van der Waals surface area (Å²) in [7, 11) is 0. The molecule has 0 aromatic rings. The van der Waals surface area contributed by atoms with E-state index in [0.717, 1.165) is 18.6 Å². The van der Waals surface area contributed by atoms with Gasteiger partial charge in [-0.1, -0.05) is 5.57 Å². The summed E-state index contributed by atoms with van der Waals surface area (Å²) in [6, 6.07) is 0. The molecule has 2 unspecified atom stereocenters. The van der Waals surface area contributed by atoms with Crippen molar-refractivity contribution in [2.24, 2.45) is 11.8 Å². The van der Waals surface area contributed by atoms with Gasteiger partial charge in [0.15, 0.2) is 0 Å². The van der Waals surface area contributed by atoms with Crippen LogP contribution in [0.25, 0.3) is 0 Å². The van der Waals surface area contributed by atoms with Gasteiger partial charge in [-0.3, -0.25) is 0 Å². The average Bonchev–Trinajstić information content (AvgIpc) is 2.44. The molecule has 0 spiro atoms. The van der Waals surface area contributed by atoms with Gasteiger partial charge in [0, 0.05) is 11.5 Å². The Bertz CT molecular complexity index is 254. The standard InChI is InChI=1S/C9H12O3/c1-5-2-6-3-12-4-7(6)8(5)9(10)11/h6-7H,2-4H2,1H3,(H,10,11). The van der Waals surface area contributed by atoms with Gasteiger partial charge in [0.25, 0.3) is 0 Å². The van der Waals surface area contributed by atoms with Gasteiger partial charge in [-0.2, -0.15) is 0 Å². The van der Waals surface area contributed by atoms with Crippen molar-refractivity contribution < 1.29 is 14.6 Å². The average molecular weight is 168 g/mol. The zero-order valence-electron chi connectivity index (χ0n) is 7.04. The Hall–Kier alpha value is -0.830. The minimum Gasteiger partial charge on any atom is -0.478 e. The lowest BCUT2D eigenvalue weighted by Gasteiger charge is -2.07. The highest BCUT2D eigenvalue weighted by Gasteiger charge is 2.40. The first-order valence-corrected chi connectivity index (χ1v) is 4.21. The number of fused-ring (bicyclic) bond motifs is 1. The lowest BCUT2D eigenvalue weighted by Crippen LogP contribution is -2.14. The van der Waals surface area contributed by atoms with Gasteiger partial charge < -0.3 is 9.84 Å². The van der Waals surface area contributed by atoms with Crippen molar-refractivity contribution in [3.8, 4) is 0 Å². The molecule has 2 rings (SSSR count). The first-order chi connectivity index (χ1) is 5.70. The molecular formula is C9H12O3. The zero-order chi connectivity index (χ0) is 8.72. The van der Waals surface area contributed by atoms with E-state index in [4.69, 9.17) is 9.84 Å². The van der Waals surface area contributed by atoms with Crippen molar-refractivity contribution in [1.29, 1.82) is 0 Å². The Morgan fingerprint density at radius 2 is 2.33 bits per heavy atom. The third-order valence-corrected chi connectivity index (χ3v) is 2.83. The fourth-order valence-electron chi connectivity index (χ4n) is 2.28. The van der Waals surface area contributed by atoms with Gasteiger partial charge in [0.2, 0.25) is 0 Å². The van der Waals surface area contributed by atoms with Crippen LogP contribution >= 0.6 is 0 Å². The molecule has 1 fully saturated rings.